The molecule has 3 heterocycles. The van der Waals surface area contributed by atoms with Gasteiger partial charge in [0.15, 0.2) is 11.5 Å². The first-order valence-electron chi connectivity index (χ1n) is 10.4. The zero-order valence-corrected chi connectivity index (χ0v) is 16.7. The van der Waals surface area contributed by atoms with E-state index in [0.717, 1.165) is 49.0 Å². The molecule has 2 aromatic heterocycles. The molecule has 0 radical (unpaired) electrons. The minimum absolute atomic E-state index is 0.0267. The van der Waals surface area contributed by atoms with Crippen molar-refractivity contribution in [2.45, 2.75) is 31.7 Å². The number of aromatic nitrogens is 2. The Morgan fingerprint density at radius 1 is 1.03 bits per heavy atom. The Balaban J connectivity index is 1.35. The maximum atomic E-state index is 13.2. The second-order valence-corrected chi connectivity index (χ2v) is 7.69. The molecule has 5 heteroatoms. The third kappa shape index (κ3) is 3.71. The fraction of sp³-hybridized carbons (Fsp3) is 0.240. The van der Waals surface area contributed by atoms with Crippen LogP contribution in [0.5, 0.6) is 0 Å². The third-order valence-electron chi connectivity index (χ3n) is 5.69. The number of aryl methyl sites for hydroxylation is 2. The van der Waals surface area contributed by atoms with Crippen LogP contribution in [0, 0.1) is 0 Å². The number of amides is 1. The Labute approximate surface area is 175 Å². The van der Waals surface area contributed by atoms with Gasteiger partial charge in [0, 0.05) is 24.7 Å². The first-order valence-corrected chi connectivity index (χ1v) is 10.4. The topological polar surface area (TPSA) is 59.2 Å². The molecular weight excluding hydrogens is 374 g/mol. The highest BCUT2D eigenvalue weighted by Gasteiger charge is 2.31. The van der Waals surface area contributed by atoms with Gasteiger partial charge in [0.1, 0.15) is 5.52 Å². The molecule has 1 aliphatic heterocycles. The Hall–Kier alpha value is -3.47. The predicted molar refractivity (Wildman–Crippen MR) is 115 cm³/mol. The molecule has 0 spiro atoms. The molecule has 0 unspecified atom stereocenters. The summed E-state index contributed by atoms with van der Waals surface area (Å²) in [5.74, 6) is 0.727. The monoisotopic (exact) mass is 397 g/mol. The number of likely N-dealkylation sites (tertiary alicyclic amines) is 1. The van der Waals surface area contributed by atoms with Crippen LogP contribution in [0.3, 0.4) is 0 Å². The fourth-order valence-electron chi connectivity index (χ4n) is 4.17. The van der Waals surface area contributed by atoms with Gasteiger partial charge >= 0.3 is 0 Å². The quantitative estimate of drug-likeness (QED) is 0.476. The summed E-state index contributed by atoms with van der Waals surface area (Å²) in [6.07, 6.45) is 5.32. The van der Waals surface area contributed by atoms with Crippen molar-refractivity contribution in [2.75, 3.05) is 6.54 Å². The average molecular weight is 397 g/mol. The normalized spacial score (nSPS) is 16.3. The Kier molecular flexibility index (Phi) is 5.01. The van der Waals surface area contributed by atoms with E-state index >= 15 is 0 Å². The van der Waals surface area contributed by atoms with Gasteiger partial charge in [-0.15, -0.1) is 0 Å². The summed E-state index contributed by atoms with van der Waals surface area (Å²) in [6.45, 7) is 0.749. The first kappa shape index (κ1) is 18.6. The molecule has 0 N–H and O–H groups in total. The van der Waals surface area contributed by atoms with Crippen molar-refractivity contribution in [1.29, 1.82) is 0 Å². The van der Waals surface area contributed by atoms with E-state index in [4.69, 9.17) is 4.42 Å². The van der Waals surface area contributed by atoms with Gasteiger partial charge in [0.2, 0.25) is 0 Å². The summed E-state index contributed by atoms with van der Waals surface area (Å²) in [7, 11) is 0. The van der Waals surface area contributed by atoms with Gasteiger partial charge in [0.25, 0.3) is 5.91 Å². The molecule has 1 fully saturated rings. The number of hydrogen-bond acceptors (Lipinski definition) is 4. The number of benzene rings is 2. The smallest absolute Gasteiger partial charge is 0.254 e. The summed E-state index contributed by atoms with van der Waals surface area (Å²) >= 11 is 0. The maximum absolute atomic E-state index is 13.2. The molecule has 5 rings (SSSR count). The molecule has 0 aliphatic carbocycles. The van der Waals surface area contributed by atoms with Crippen molar-refractivity contribution in [3.05, 3.63) is 95.6 Å². The van der Waals surface area contributed by atoms with E-state index in [-0.39, 0.29) is 11.9 Å². The summed E-state index contributed by atoms with van der Waals surface area (Å²) in [5, 5.41) is 0. The van der Waals surface area contributed by atoms with Crippen LogP contribution < -0.4 is 0 Å². The van der Waals surface area contributed by atoms with Crippen LogP contribution in [0.25, 0.3) is 11.1 Å². The SMILES string of the molecule is O=C(c1ccc2oc(CCc3ccccc3)nc2c1)N1CCC[C@@H]1c1ccccn1. The minimum Gasteiger partial charge on any atom is -0.441 e. The van der Waals surface area contributed by atoms with E-state index in [0.29, 0.717) is 11.5 Å². The zero-order chi connectivity index (χ0) is 20.3. The molecule has 1 saturated heterocycles. The van der Waals surface area contributed by atoms with E-state index in [1.54, 1.807) is 6.20 Å². The highest BCUT2D eigenvalue weighted by Crippen LogP contribution is 2.32. The van der Waals surface area contributed by atoms with Crippen LogP contribution in [0.4, 0.5) is 0 Å². The number of oxazole rings is 1. The van der Waals surface area contributed by atoms with Crippen LogP contribution in [0.1, 0.15) is 46.4 Å². The molecule has 1 amide bonds. The number of pyridine rings is 1. The number of nitrogens with zero attached hydrogens (tertiary/aromatic N) is 3. The predicted octanol–water partition coefficient (Wildman–Crippen LogP) is 4.99. The maximum Gasteiger partial charge on any atom is 0.254 e. The van der Waals surface area contributed by atoms with Crippen molar-refractivity contribution in [3.8, 4) is 0 Å². The lowest BCUT2D eigenvalue weighted by Crippen LogP contribution is -2.30. The van der Waals surface area contributed by atoms with Crippen molar-refractivity contribution in [3.63, 3.8) is 0 Å². The van der Waals surface area contributed by atoms with Gasteiger partial charge in [0.05, 0.1) is 11.7 Å². The average Bonchev–Trinajstić information content (AvgIpc) is 3.45. The van der Waals surface area contributed by atoms with Crippen molar-refractivity contribution in [2.24, 2.45) is 0 Å². The van der Waals surface area contributed by atoms with Gasteiger partial charge in [-0.1, -0.05) is 36.4 Å². The van der Waals surface area contributed by atoms with E-state index in [9.17, 15) is 4.79 Å². The van der Waals surface area contributed by atoms with Gasteiger partial charge in [-0.05, 0) is 55.2 Å². The fourth-order valence-corrected chi connectivity index (χ4v) is 4.17. The number of carbonyl (C=O) groups excluding carboxylic acids is 1. The Morgan fingerprint density at radius 3 is 2.73 bits per heavy atom. The van der Waals surface area contributed by atoms with Crippen LogP contribution >= 0.6 is 0 Å². The molecule has 1 atom stereocenters. The summed E-state index contributed by atoms with van der Waals surface area (Å²) < 4.78 is 5.89. The van der Waals surface area contributed by atoms with Gasteiger partial charge in [-0.2, -0.15) is 0 Å². The molecule has 1 aliphatic rings. The van der Waals surface area contributed by atoms with Gasteiger partial charge in [-0.25, -0.2) is 4.98 Å². The van der Waals surface area contributed by atoms with Crippen molar-refractivity contribution in [1.82, 2.24) is 14.9 Å². The van der Waals surface area contributed by atoms with Crippen LogP contribution in [-0.2, 0) is 12.8 Å². The molecule has 0 saturated carbocycles. The number of hydrogen-bond donors (Lipinski definition) is 0. The zero-order valence-electron chi connectivity index (χ0n) is 16.7. The summed E-state index contributed by atoms with van der Waals surface area (Å²) in [4.78, 5) is 24.3. The number of rotatable bonds is 5. The molecule has 30 heavy (non-hydrogen) atoms. The molecule has 150 valence electrons. The molecule has 4 aromatic rings. The summed E-state index contributed by atoms with van der Waals surface area (Å²) in [5.41, 5.74) is 4.31. The lowest BCUT2D eigenvalue weighted by Gasteiger charge is -2.24. The lowest BCUT2D eigenvalue weighted by atomic mass is 10.1. The van der Waals surface area contributed by atoms with Crippen LogP contribution in [-0.4, -0.2) is 27.3 Å². The van der Waals surface area contributed by atoms with E-state index in [1.807, 2.05) is 59.5 Å². The molecule has 0 bridgehead atoms. The lowest BCUT2D eigenvalue weighted by molar-refractivity contribution is 0.0733. The molecule has 5 nitrogen and oxygen atoms in total. The van der Waals surface area contributed by atoms with Crippen LogP contribution in [0.2, 0.25) is 0 Å². The molecular formula is C25H23N3O2. The number of carbonyl (C=O) groups is 1. The van der Waals surface area contributed by atoms with E-state index in [1.165, 1.54) is 5.56 Å². The molecule has 2 aromatic carbocycles. The van der Waals surface area contributed by atoms with Gasteiger partial charge in [-0.3, -0.25) is 9.78 Å². The van der Waals surface area contributed by atoms with Crippen molar-refractivity contribution < 1.29 is 9.21 Å². The summed E-state index contributed by atoms with van der Waals surface area (Å²) in [6, 6.07) is 21.7. The third-order valence-corrected chi connectivity index (χ3v) is 5.69. The van der Waals surface area contributed by atoms with Gasteiger partial charge < -0.3 is 9.32 Å². The Bertz CT molecular complexity index is 1150. The Morgan fingerprint density at radius 2 is 1.90 bits per heavy atom. The second-order valence-electron chi connectivity index (χ2n) is 7.69. The largest absolute Gasteiger partial charge is 0.441 e. The standard InChI is InChI=1S/C25H23N3O2/c29-25(28-16-6-10-22(28)20-9-4-5-15-26-20)19-12-13-23-21(17-19)27-24(30-23)14-11-18-7-2-1-3-8-18/h1-5,7-9,12-13,15,17,22H,6,10-11,14,16H2/t22-/m1/s1. The minimum atomic E-state index is 0.0267. The van der Waals surface area contributed by atoms with Crippen LogP contribution in [0.15, 0.2) is 77.3 Å². The van der Waals surface area contributed by atoms with Crippen molar-refractivity contribution >= 4 is 17.0 Å². The first-order chi connectivity index (χ1) is 14.8. The second kappa shape index (κ2) is 8.11. The van der Waals surface area contributed by atoms with E-state index in [2.05, 4.69) is 22.1 Å². The highest BCUT2D eigenvalue weighted by atomic mass is 16.3. The van der Waals surface area contributed by atoms with E-state index < -0.39 is 0 Å². The highest BCUT2D eigenvalue weighted by molar-refractivity contribution is 5.97. The number of fused-ring (bicyclic) bond motifs is 1.